The van der Waals surface area contributed by atoms with E-state index in [2.05, 4.69) is 39.1 Å². The van der Waals surface area contributed by atoms with Crippen molar-refractivity contribution in [1.29, 1.82) is 0 Å². The first-order chi connectivity index (χ1) is 11.4. The summed E-state index contributed by atoms with van der Waals surface area (Å²) in [6.45, 7) is 8.48. The average Bonchev–Trinajstić information content (AvgIpc) is 2.56. The lowest BCUT2D eigenvalue weighted by Crippen LogP contribution is -2.25. The minimum atomic E-state index is -0.202. The Balaban J connectivity index is 2.28. The van der Waals surface area contributed by atoms with Crippen molar-refractivity contribution >= 4 is 23.2 Å². The second-order valence-electron chi connectivity index (χ2n) is 6.66. The Bertz CT molecular complexity index is 678. The Hall–Kier alpha value is -1.80. The monoisotopic (exact) mass is 343 g/mol. The van der Waals surface area contributed by atoms with E-state index in [-0.39, 0.29) is 17.7 Å². The number of carbonyl (C=O) groups is 1. The van der Waals surface area contributed by atoms with E-state index in [1.165, 1.54) is 5.56 Å². The lowest BCUT2D eigenvalue weighted by atomic mass is 9.87. The summed E-state index contributed by atoms with van der Waals surface area (Å²) in [6.07, 6.45) is 1.04. The quantitative estimate of drug-likeness (QED) is 0.661. The van der Waals surface area contributed by atoms with Crippen LogP contribution in [0.3, 0.4) is 0 Å². The molecule has 0 fully saturated rings. The highest BCUT2D eigenvalue weighted by Gasteiger charge is 2.25. The smallest absolute Gasteiger partial charge is 0.232 e. The van der Waals surface area contributed by atoms with Crippen molar-refractivity contribution in [3.63, 3.8) is 0 Å². The third kappa shape index (κ3) is 4.39. The fourth-order valence-corrected chi connectivity index (χ4v) is 3.11. The molecule has 0 aromatic heterocycles. The summed E-state index contributed by atoms with van der Waals surface area (Å²) in [5.41, 5.74) is 3.09. The summed E-state index contributed by atoms with van der Waals surface area (Å²) in [6, 6.07) is 15.6. The minimum Gasteiger partial charge on any atom is -0.325 e. The number of hydrogen-bond acceptors (Lipinski definition) is 1. The molecule has 0 saturated carbocycles. The molecule has 2 atom stereocenters. The molecule has 0 radical (unpaired) electrons. The molecule has 2 nitrogen and oxygen atoms in total. The summed E-state index contributed by atoms with van der Waals surface area (Å²) in [5, 5.41) is 3.83. The van der Waals surface area contributed by atoms with Gasteiger partial charge in [0.25, 0.3) is 0 Å². The topological polar surface area (TPSA) is 29.1 Å². The zero-order valence-electron chi connectivity index (χ0n) is 14.8. The maximum atomic E-state index is 13.0. The molecule has 0 aliphatic rings. The Labute approximate surface area is 150 Å². The van der Waals surface area contributed by atoms with Gasteiger partial charge in [-0.05, 0) is 47.6 Å². The van der Waals surface area contributed by atoms with Crippen LogP contribution in [0.15, 0.2) is 48.5 Å². The van der Waals surface area contributed by atoms with Gasteiger partial charge in [0.1, 0.15) is 0 Å². The van der Waals surface area contributed by atoms with Gasteiger partial charge in [0.2, 0.25) is 5.91 Å². The zero-order chi connectivity index (χ0) is 17.7. The molecule has 0 saturated heterocycles. The van der Waals surface area contributed by atoms with Gasteiger partial charge >= 0.3 is 0 Å². The Morgan fingerprint density at radius 1 is 1.04 bits per heavy atom. The number of benzene rings is 2. The minimum absolute atomic E-state index is 0.0306. The molecule has 2 aromatic rings. The lowest BCUT2D eigenvalue weighted by molar-refractivity contribution is -0.118. The number of amides is 1. The van der Waals surface area contributed by atoms with E-state index in [1.807, 2.05) is 42.5 Å². The maximum absolute atomic E-state index is 13.0. The largest absolute Gasteiger partial charge is 0.325 e. The predicted octanol–water partition coefficient (Wildman–Crippen LogP) is 6.23. The number of halogens is 1. The summed E-state index contributed by atoms with van der Waals surface area (Å²) < 4.78 is 0. The maximum Gasteiger partial charge on any atom is 0.232 e. The van der Waals surface area contributed by atoms with Crippen molar-refractivity contribution < 1.29 is 4.79 Å². The number of hydrogen-bond donors (Lipinski definition) is 1. The van der Waals surface area contributed by atoms with Crippen LogP contribution >= 0.6 is 11.6 Å². The second kappa shape index (κ2) is 8.34. The molecule has 0 unspecified atom stereocenters. The van der Waals surface area contributed by atoms with Gasteiger partial charge in [0.15, 0.2) is 0 Å². The number of nitrogens with one attached hydrogen (secondary N) is 1. The molecular formula is C21H26ClNO. The van der Waals surface area contributed by atoms with Crippen LogP contribution in [0.1, 0.15) is 57.1 Å². The van der Waals surface area contributed by atoms with Crippen molar-refractivity contribution in [2.24, 2.45) is 5.92 Å². The molecular weight excluding hydrogens is 318 g/mol. The van der Waals surface area contributed by atoms with Crippen LogP contribution in [0.4, 0.5) is 5.69 Å². The molecule has 0 heterocycles. The molecule has 3 heteroatoms. The van der Waals surface area contributed by atoms with Gasteiger partial charge in [-0.1, -0.05) is 69.6 Å². The van der Waals surface area contributed by atoms with E-state index < -0.39 is 0 Å². The van der Waals surface area contributed by atoms with Crippen LogP contribution in [0, 0.1) is 5.92 Å². The zero-order valence-corrected chi connectivity index (χ0v) is 15.6. The molecule has 2 rings (SSSR count). The molecule has 0 aliphatic heterocycles. The Kier molecular flexibility index (Phi) is 6.44. The van der Waals surface area contributed by atoms with Crippen LogP contribution in [0.2, 0.25) is 5.02 Å². The van der Waals surface area contributed by atoms with Gasteiger partial charge in [-0.25, -0.2) is 0 Å². The Morgan fingerprint density at radius 2 is 1.67 bits per heavy atom. The highest BCUT2D eigenvalue weighted by molar-refractivity contribution is 6.30. The highest BCUT2D eigenvalue weighted by atomic mass is 35.5. The number of anilines is 1. The molecule has 2 aromatic carbocycles. The highest BCUT2D eigenvalue weighted by Crippen LogP contribution is 2.30. The number of rotatable bonds is 6. The first-order valence-corrected chi connectivity index (χ1v) is 8.97. The Morgan fingerprint density at radius 3 is 2.25 bits per heavy atom. The van der Waals surface area contributed by atoms with E-state index >= 15 is 0 Å². The number of carbonyl (C=O) groups excluding carboxylic acids is 1. The van der Waals surface area contributed by atoms with Crippen molar-refractivity contribution in [2.75, 3.05) is 5.32 Å². The first kappa shape index (κ1) is 18.5. The van der Waals surface area contributed by atoms with Crippen LogP contribution in [0.5, 0.6) is 0 Å². The molecule has 1 N–H and O–H groups in total. The van der Waals surface area contributed by atoms with Crippen molar-refractivity contribution in [1.82, 2.24) is 0 Å². The summed E-state index contributed by atoms with van der Waals surface area (Å²) in [7, 11) is 0. The van der Waals surface area contributed by atoms with E-state index in [0.29, 0.717) is 10.9 Å². The van der Waals surface area contributed by atoms with E-state index in [9.17, 15) is 4.79 Å². The van der Waals surface area contributed by atoms with E-state index in [4.69, 9.17) is 11.6 Å². The molecule has 24 heavy (non-hydrogen) atoms. The van der Waals surface area contributed by atoms with Crippen molar-refractivity contribution in [3.8, 4) is 0 Å². The lowest BCUT2D eigenvalue weighted by Gasteiger charge is -2.23. The van der Waals surface area contributed by atoms with Crippen molar-refractivity contribution in [2.45, 2.75) is 46.0 Å². The van der Waals surface area contributed by atoms with Gasteiger partial charge in [-0.15, -0.1) is 0 Å². The summed E-state index contributed by atoms with van der Waals surface area (Å²) in [4.78, 5) is 13.0. The van der Waals surface area contributed by atoms with Gasteiger partial charge in [-0.3, -0.25) is 4.79 Å². The fourth-order valence-electron chi connectivity index (χ4n) is 2.98. The van der Waals surface area contributed by atoms with Crippen molar-refractivity contribution in [3.05, 3.63) is 64.7 Å². The fraction of sp³-hybridized carbons (Fsp3) is 0.381. The second-order valence-corrected chi connectivity index (χ2v) is 7.10. The van der Waals surface area contributed by atoms with E-state index in [1.54, 1.807) is 0 Å². The van der Waals surface area contributed by atoms with E-state index in [0.717, 1.165) is 17.7 Å². The number of para-hydroxylation sites is 1. The molecule has 0 bridgehead atoms. The molecule has 128 valence electrons. The SMILES string of the molecule is CC[C@H](C)c1ccccc1NC(=O)[C@H](c1ccc(Cl)cc1)C(C)C. The summed E-state index contributed by atoms with van der Waals surface area (Å²) in [5.74, 6) is 0.437. The van der Waals surface area contributed by atoms with Crippen LogP contribution in [-0.2, 0) is 4.79 Å². The standard InChI is InChI=1S/C21H26ClNO/c1-5-15(4)18-8-6-7-9-19(18)23-21(24)20(14(2)3)16-10-12-17(22)13-11-16/h6-15,20H,5H2,1-4H3,(H,23,24)/t15-,20-/m0/s1. The van der Waals surface area contributed by atoms with Gasteiger partial charge in [0.05, 0.1) is 5.92 Å². The molecule has 0 spiro atoms. The third-order valence-corrected chi connectivity index (χ3v) is 4.79. The third-order valence-electron chi connectivity index (χ3n) is 4.54. The van der Waals surface area contributed by atoms with Gasteiger partial charge in [-0.2, -0.15) is 0 Å². The average molecular weight is 344 g/mol. The first-order valence-electron chi connectivity index (χ1n) is 8.59. The molecule has 1 amide bonds. The van der Waals surface area contributed by atoms with Crippen LogP contribution in [0.25, 0.3) is 0 Å². The molecule has 0 aliphatic carbocycles. The predicted molar refractivity (Wildman–Crippen MR) is 103 cm³/mol. The van der Waals surface area contributed by atoms with Crippen LogP contribution in [-0.4, -0.2) is 5.91 Å². The normalized spacial score (nSPS) is 13.6. The van der Waals surface area contributed by atoms with Gasteiger partial charge in [0, 0.05) is 10.7 Å². The van der Waals surface area contributed by atoms with Crippen LogP contribution < -0.4 is 5.32 Å². The van der Waals surface area contributed by atoms with Gasteiger partial charge < -0.3 is 5.32 Å². The summed E-state index contributed by atoms with van der Waals surface area (Å²) >= 11 is 5.98.